The van der Waals surface area contributed by atoms with Gasteiger partial charge in [0.05, 0.1) is 0 Å². The minimum Gasteiger partial charge on any atom is -0.361 e. The molecule has 1 aromatic heterocycles. The van der Waals surface area contributed by atoms with Gasteiger partial charge in [-0.3, -0.25) is 0 Å². The molecule has 2 aromatic rings. The van der Waals surface area contributed by atoms with E-state index >= 15 is 0 Å². The fraction of sp³-hybridized carbons (Fsp3) is 0.250. The van der Waals surface area contributed by atoms with Gasteiger partial charge in [-0.25, -0.2) is 4.39 Å². The molecule has 0 spiro atoms. The number of benzene rings is 1. The van der Waals surface area contributed by atoms with Gasteiger partial charge in [-0.1, -0.05) is 5.16 Å². The first-order chi connectivity index (χ1) is 7.70. The SMILES string of the molecule is Cc1cc(F)ccc1-c1cc(CCN)on1. The lowest BCUT2D eigenvalue weighted by atomic mass is 10.1. The number of aromatic nitrogens is 1. The van der Waals surface area contributed by atoms with Crippen LogP contribution in [0.1, 0.15) is 11.3 Å². The summed E-state index contributed by atoms with van der Waals surface area (Å²) in [6.07, 6.45) is 0.660. The molecule has 1 aromatic carbocycles. The summed E-state index contributed by atoms with van der Waals surface area (Å²) >= 11 is 0. The maximum atomic E-state index is 12.9. The van der Waals surface area contributed by atoms with Crippen molar-refractivity contribution in [1.29, 1.82) is 0 Å². The van der Waals surface area contributed by atoms with Crippen LogP contribution in [0.15, 0.2) is 28.8 Å². The number of aryl methyl sites for hydroxylation is 1. The van der Waals surface area contributed by atoms with Crippen molar-refractivity contribution in [3.63, 3.8) is 0 Å². The third-order valence-corrected chi connectivity index (χ3v) is 2.41. The van der Waals surface area contributed by atoms with Crippen LogP contribution in [0.5, 0.6) is 0 Å². The third kappa shape index (κ3) is 2.12. The van der Waals surface area contributed by atoms with E-state index in [4.69, 9.17) is 10.3 Å². The summed E-state index contributed by atoms with van der Waals surface area (Å²) in [5, 5.41) is 3.94. The van der Waals surface area contributed by atoms with Crippen LogP contribution in [0.3, 0.4) is 0 Å². The summed E-state index contributed by atoms with van der Waals surface area (Å²) in [6, 6.07) is 6.44. The molecule has 0 unspecified atom stereocenters. The summed E-state index contributed by atoms with van der Waals surface area (Å²) in [6.45, 7) is 2.37. The predicted octanol–water partition coefficient (Wildman–Crippen LogP) is 2.29. The number of halogens is 1. The fourth-order valence-corrected chi connectivity index (χ4v) is 1.61. The van der Waals surface area contributed by atoms with Gasteiger partial charge in [0.1, 0.15) is 17.3 Å². The molecular weight excluding hydrogens is 207 g/mol. The molecule has 0 radical (unpaired) electrons. The second kappa shape index (κ2) is 4.45. The van der Waals surface area contributed by atoms with Crippen LogP contribution in [0.4, 0.5) is 4.39 Å². The zero-order valence-electron chi connectivity index (χ0n) is 9.03. The molecule has 84 valence electrons. The first kappa shape index (κ1) is 10.8. The van der Waals surface area contributed by atoms with Gasteiger partial charge in [-0.2, -0.15) is 0 Å². The highest BCUT2D eigenvalue weighted by Crippen LogP contribution is 2.23. The maximum Gasteiger partial charge on any atom is 0.138 e. The maximum absolute atomic E-state index is 12.9. The molecule has 0 fully saturated rings. The molecule has 16 heavy (non-hydrogen) atoms. The van der Waals surface area contributed by atoms with Gasteiger partial charge in [0, 0.05) is 18.1 Å². The van der Waals surface area contributed by atoms with E-state index in [2.05, 4.69) is 5.16 Å². The van der Waals surface area contributed by atoms with Crippen molar-refractivity contribution >= 4 is 0 Å². The molecule has 2 rings (SSSR count). The van der Waals surface area contributed by atoms with E-state index < -0.39 is 0 Å². The van der Waals surface area contributed by atoms with Crippen LogP contribution in [0.2, 0.25) is 0 Å². The van der Waals surface area contributed by atoms with E-state index in [1.807, 2.05) is 13.0 Å². The molecule has 0 aliphatic carbocycles. The van der Waals surface area contributed by atoms with Crippen molar-refractivity contribution in [3.05, 3.63) is 41.4 Å². The third-order valence-electron chi connectivity index (χ3n) is 2.41. The van der Waals surface area contributed by atoms with Crippen LogP contribution < -0.4 is 5.73 Å². The molecule has 3 nitrogen and oxygen atoms in total. The molecule has 0 amide bonds. The Hall–Kier alpha value is -1.68. The monoisotopic (exact) mass is 220 g/mol. The van der Waals surface area contributed by atoms with Crippen LogP contribution in [0, 0.1) is 12.7 Å². The molecule has 2 N–H and O–H groups in total. The summed E-state index contributed by atoms with van der Waals surface area (Å²) in [5.41, 5.74) is 7.87. The van der Waals surface area contributed by atoms with Crippen LogP contribution >= 0.6 is 0 Å². The molecule has 0 bridgehead atoms. The smallest absolute Gasteiger partial charge is 0.138 e. The fourth-order valence-electron chi connectivity index (χ4n) is 1.61. The number of nitrogens with zero attached hydrogens (tertiary/aromatic N) is 1. The van der Waals surface area contributed by atoms with Gasteiger partial charge >= 0.3 is 0 Å². The Morgan fingerprint density at radius 2 is 2.19 bits per heavy atom. The van der Waals surface area contributed by atoms with Crippen molar-refractivity contribution in [2.75, 3.05) is 6.54 Å². The Kier molecular flexibility index (Phi) is 3.01. The van der Waals surface area contributed by atoms with Crippen molar-refractivity contribution in [1.82, 2.24) is 5.16 Å². The van der Waals surface area contributed by atoms with Gasteiger partial charge in [-0.05, 0) is 37.2 Å². The number of nitrogens with two attached hydrogens (primary N) is 1. The Bertz CT molecular complexity index is 494. The molecule has 0 aliphatic heterocycles. The van der Waals surface area contributed by atoms with Gasteiger partial charge in [0.25, 0.3) is 0 Å². The minimum atomic E-state index is -0.244. The molecule has 0 saturated heterocycles. The van der Waals surface area contributed by atoms with Crippen LogP contribution in [-0.2, 0) is 6.42 Å². The number of rotatable bonds is 3. The van der Waals surface area contributed by atoms with Crippen LogP contribution in [0.25, 0.3) is 11.3 Å². The lowest BCUT2D eigenvalue weighted by molar-refractivity contribution is 0.386. The molecule has 0 saturated carbocycles. The largest absolute Gasteiger partial charge is 0.361 e. The van der Waals surface area contributed by atoms with Gasteiger partial charge < -0.3 is 10.3 Å². The van der Waals surface area contributed by atoms with E-state index in [1.54, 1.807) is 6.07 Å². The summed E-state index contributed by atoms with van der Waals surface area (Å²) in [7, 11) is 0. The summed E-state index contributed by atoms with van der Waals surface area (Å²) < 4.78 is 18.0. The lowest BCUT2D eigenvalue weighted by Gasteiger charge is -2.00. The Morgan fingerprint density at radius 3 is 2.88 bits per heavy atom. The lowest BCUT2D eigenvalue weighted by Crippen LogP contribution is -2.01. The topological polar surface area (TPSA) is 52.0 Å². The second-order valence-corrected chi connectivity index (χ2v) is 3.68. The normalized spacial score (nSPS) is 10.7. The van der Waals surface area contributed by atoms with E-state index in [9.17, 15) is 4.39 Å². The predicted molar refractivity (Wildman–Crippen MR) is 59.4 cm³/mol. The van der Waals surface area contributed by atoms with E-state index in [0.29, 0.717) is 13.0 Å². The average Bonchev–Trinajstić information content (AvgIpc) is 2.67. The van der Waals surface area contributed by atoms with E-state index in [-0.39, 0.29) is 5.82 Å². The van der Waals surface area contributed by atoms with Crippen molar-refractivity contribution in [3.8, 4) is 11.3 Å². The Morgan fingerprint density at radius 1 is 1.38 bits per heavy atom. The molecule has 0 aliphatic rings. The standard InChI is InChI=1S/C12H13FN2O/c1-8-6-9(13)2-3-11(8)12-7-10(4-5-14)16-15-12/h2-3,6-7H,4-5,14H2,1H3. The van der Waals surface area contributed by atoms with Gasteiger partial charge in [0.2, 0.25) is 0 Å². The van der Waals surface area contributed by atoms with E-state index in [1.165, 1.54) is 12.1 Å². The zero-order chi connectivity index (χ0) is 11.5. The molecular formula is C12H13FN2O. The average molecular weight is 220 g/mol. The summed E-state index contributed by atoms with van der Waals surface area (Å²) in [4.78, 5) is 0. The second-order valence-electron chi connectivity index (χ2n) is 3.68. The highest BCUT2D eigenvalue weighted by atomic mass is 19.1. The van der Waals surface area contributed by atoms with E-state index in [0.717, 1.165) is 22.6 Å². The minimum absolute atomic E-state index is 0.244. The first-order valence-electron chi connectivity index (χ1n) is 5.13. The number of hydrogen-bond acceptors (Lipinski definition) is 3. The van der Waals surface area contributed by atoms with Crippen molar-refractivity contribution in [2.45, 2.75) is 13.3 Å². The number of hydrogen-bond donors (Lipinski definition) is 1. The van der Waals surface area contributed by atoms with Crippen LogP contribution in [-0.4, -0.2) is 11.7 Å². The zero-order valence-corrected chi connectivity index (χ0v) is 9.03. The highest BCUT2D eigenvalue weighted by Gasteiger charge is 2.08. The molecule has 0 atom stereocenters. The van der Waals surface area contributed by atoms with Crippen molar-refractivity contribution < 1.29 is 8.91 Å². The highest BCUT2D eigenvalue weighted by molar-refractivity contribution is 5.63. The molecule has 4 heteroatoms. The Labute approximate surface area is 93.1 Å². The van der Waals surface area contributed by atoms with Crippen molar-refractivity contribution in [2.24, 2.45) is 5.73 Å². The summed E-state index contributed by atoms with van der Waals surface area (Å²) in [5.74, 6) is 0.508. The quantitative estimate of drug-likeness (QED) is 0.863. The Balaban J connectivity index is 2.35. The van der Waals surface area contributed by atoms with Gasteiger partial charge in [-0.15, -0.1) is 0 Å². The first-order valence-corrected chi connectivity index (χ1v) is 5.13. The van der Waals surface area contributed by atoms with Gasteiger partial charge in [0.15, 0.2) is 0 Å². The molecule has 1 heterocycles.